The van der Waals surface area contributed by atoms with Gasteiger partial charge in [-0.25, -0.2) is 0 Å². The molecule has 150 valence electrons. The smallest absolute Gasteiger partial charge is 0.226 e. The lowest BCUT2D eigenvalue weighted by atomic mass is 9.69. The number of hydrogen-bond donors (Lipinski definition) is 1. The van der Waals surface area contributed by atoms with Gasteiger partial charge in [-0.15, -0.1) is 0 Å². The lowest BCUT2D eigenvalue weighted by Gasteiger charge is -2.39. The molecule has 3 rings (SSSR count). The van der Waals surface area contributed by atoms with E-state index in [1.54, 1.807) is 22.8 Å². The predicted molar refractivity (Wildman–Crippen MR) is 105 cm³/mol. The third kappa shape index (κ3) is 4.04. The van der Waals surface area contributed by atoms with Crippen molar-refractivity contribution in [3.8, 4) is 0 Å². The van der Waals surface area contributed by atoms with Crippen LogP contribution in [0.2, 0.25) is 0 Å². The van der Waals surface area contributed by atoms with Crippen molar-refractivity contribution in [2.45, 2.75) is 71.4 Å². The van der Waals surface area contributed by atoms with Gasteiger partial charge in [0, 0.05) is 38.3 Å². The first-order chi connectivity index (χ1) is 12.7. The molecule has 0 aromatic carbocycles. The summed E-state index contributed by atoms with van der Waals surface area (Å²) < 4.78 is 1.72. The van der Waals surface area contributed by atoms with E-state index in [0.29, 0.717) is 5.41 Å². The number of hydrogen-bond acceptors (Lipinski definition) is 3. The molecule has 1 aromatic rings. The molecule has 2 atom stereocenters. The van der Waals surface area contributed by atoms with E-state index in [1.165, 1.54) is 19.3 Å². The van der Waals surface area contributed by atoms with E-state index in [1.807, 2.05) is 13.2 Å². The Morgan fingerprint density at radius 3 is 2.48 bits per heavy atom. The Hall–Kier alpha value is -1.85. The summed E-state index contributed by atoms with van der Waals surface area (Å²) in [7, 11) is 3.64. The normalized spacial score (nSPS) is 29.2. The van der Waals surface area contributed by atoms with Crippen LogP contribution in [0.15, 0.2) is 12.4 Å². The topological polar surface area (TPSA) is 67.2 Å². The average molecular weight is 375 g/mol. The zero-order chi connectivity index (χ0) is 19.8. The van der Waals surface area contributed by atoms with Gasteiger partial charge in [0.25, 0.3) is 0 Å². The van der Waals surface area contributed by atoms with Crippen LogP contribution in [0.4, 0.5) is 0 Å². The fourth-order valence-corrected chi connectivity index (χ4v) is 4.77. The summed E-state index contributed by atoms with van der Waals surface area (Å²) in [5, 5.41) is 7.47. The molecule has 6 nitrogen and oxygen atoms in total. The first-order valence-corrected chi connectivity index (χ1v) is 10.3. The highest BCUT2D eigenvalue weighted by atomic mass is 16.2. The second-order valence-electron chi connectivity index (χ2n) is 9.11. The molecule has 2 amide bonds. The molecular formula is C21H34N4O2. The number of aryl methyl sites for hydroxylation is 1. The summed E-state index contributed by atoms with van der Waals surface area (Å²) in [6.07, 6.45) is 9.54. The molecule has 2 heterocycles. The van der Waals surface area contributed by atoms with Crippen LogP contribution in [-0.4, -0.2) is 39.6 Å². The van der Waals surface area contributed by atoms with E-state index in [-0.39, 0.29) is 36.2 Å². The SMILES string of the molecule is CCC(C)(C)C1CCC(NC(=O)C2CC(=O)N(C)C2c2cnn(C)c2)CC1. The van der Waals surface area contributed by atoms with Crippen LogP contribution in [-0.2, 0) is 16.6 Å². The molecular weight excluding hydrogens is 340 g/mol. The molecule has 6 heteroatoms. The molecule has 0 spiro atoms. The molecule has 1 N–H and O–H groups in total. The number of nitrogens with one attached hydrogen (secondary N) is 1. The van der Waals surface area contributed by atoms with Gasteiger partial charge in [-0.2, -0.15) is 5.10 Å². The van der Waals surface area contributed by atoms with Crippen molar-refractivity contribution in [3.63, 3.8) is 0 Å². The molecule has 2 aliphatic rings. The lowest BCUT2D eigenvalue weighted by molar-refractivity contribution is -0.128. The van der Waals surface area contributed by atoms with Crippen LogP contribution in [0.5, 0.6) is 0 Å². The Kier molecular flexibility index (Phi) is 5.63. The quantitative estimate of drug-likeness (QED) is 0.861. The third-order valence-electron chi connectivity index (χ3n) is 7.08. The standard InChI is InChI=1S/C21H34N4O2/c1-6-21(2,3)15-7-9-16(10-8-15)23-20(27)17-11-18(26)25(5)19(17)14-12-22-24(4)13-14/h12-13,15-17,19H,6-11H2,1-5H3,(H,23,27). The average Bonchev–Trinajstić information content (AvgIpc) is 3.19. The predicted octanol–water partition coefficient (Wildman–Crippen LogP) is 3.05. The molecule has 1 aliphatic carbocycles. The summed E-state index contributed by atoms with van der Waals surface area (Å²) in [6, 6.07) is 0.0125. The summed E-state index contributed by atoms with van der Waals surface area (Å²) in [5.74, 6) is 0.437. The fourth-order valence-electron chi connectivity index (χ4n) is 4.77. The van der Waals surface area contributed by atoms with Crippen molar-refractivity contribution in [1.29, 1.82) is 0 Å². The third-order valence-corrected chi connectivity index (χ3v) is 7.08. The second kappa shape index (κ2) is 7.64. The van der Waals surface area contributed by atoms with Crippen molar-refractivity contribution >= 4 is 11.8 Å². The Balaban J connectivity index is 1.63. The Bertz CT molecular complexity index is 688. The summed E-state index contributed by atoms with van der Waals surface area (Å²) in [4.78, 5) is 27.0. The van der Waals surface area contributed by atoms with Gasteiger partial charge in [0.05, 0.1) is 18.2 Å². The van der Waals surface area contributed by atoms with E-state index in [0.717, 1.165) is 24.3 Å². The van der Waals surface area contributed by atoms with E-state index >= 15 is 0 Å². The highest BCUT2D eigenvalue weighted by molar-refractivity contribution is 5.90. The monoisotopic (exact) mass is 374 g/mol. The summed E-state index contributed by atoms with van der Waals surface area (Å²) in [6.45, 7) is 6.98. The minimum Gasteiger partial charge on any atom is -0.353 e. The summed E-state index contributed by atoms with van der Waals surface area (Å²) in [5.41, 5.74) is 1.31. The Morgan fingerprint density at radius 2 is 1.93 bits per heavy atom. The van der Waals surface area contributed by atoms with Gasteiger partial charge in [-0.1, -0.05) is 27.2 Å². The molecule has 1 saturated heterocycles. The maximum absolute atomic E-state index is 13.0. The Morgan fingerprint density at radius 1 is 1.26 bits per heavy atom. The minimum atomic E-state index is -0.337. The zero-order valence-electron chi connectivity index (χ0n) is 17.4. The number of nitrogens with zero attached hydrogens (tertiary/aromatic N) is 3. The molecule has 1 saturated carbocycles. The highest BCUT2D eigenvalue weighted by Crippen LogP contribution is 2.41. The molecule has 2 fully saturated rings. The number of rotatable bonds is 5. The first-order valence-electron chi connectivity index (χ1n) is 10.3. The maximum atomic E-state index is 13.0. The largest absolute Gasteiger partial charge is 0.353 e. The first kappa shape index (κ1) is 19.9. The van der Waals surface area contributed by atoms with Crippen molar-refractivity contribution in [2.75, 3.05) is 7.05 Å². The molecule has 0 bridgehead atoms. The maximum Gasteiger partial charge on any atom is 0.226 e. The number of carbonyl (C=O) groups excluding carboxylic acids is 2. The van der Waals surface area contributed by atoms with Gasteiger partial charge in [0.2, 0.25) is 11.8 Å². The van der Waals surface area contributed by atoms with Gasteiger partial charge in [0.15, 0.2) is 0 Å². The number of aromatic nitrogens is 2. The van der Waals surface area contributed by atoms with Crippen molar-refractivity contribution < 1.29 is 9.59 Å². The minimum absolute atomic E-state index is 0.0137. The molecule has 27 heavy (non-hydrogen) atoms. The summed E-state index contributed by atoms with van der Waals surface area (Å²) >= 11 is 0. The van der Waals surface area contributed by atoms with E-state index in [9.17, 15) is 9.59 Å². The van der Waals surface area contributed by atoms with Crippen LogP contribution >= 0.6 is 0 Å². The molecule has 2 unspecified atom stereocenters. The van der Waals surface area contributed by atoms with E-state index < -0.39 is 0 Å². The number of carbonyl (C=O) groups is 2. The molecule has 0 radical (unpaired) electrons. The molecule has 1 aromatic heterocycles. The van der Waals surface area contributed by atoms with Gasteiger partial charge in [-0.3, -0.25) is 14.3 Å². The van der Waals surface area contributed by atoms with E-state index in [4.69, 9.17) is 0 Å². The molecule has 1 aliphatic heterocycles. The Labute approximate surface area is 162 Å². The zero-order valence-corrected chi connectivity index (χ0v) is 17.4. The van der Waals surface area contributed by atoms with Crippen LogP contribution in [0.3, 0.4) is 0 Å². The van der Waals surface area contributed by atoms with Crippen LogP contribution in [0.25, 0.3) is 0 Å². The second-order valence-corrected chi connectivity index (χ2v) is 9.11. The highest BCUT2D eigenvalue weighted by Gasteiger charge is 2.44. The van der Waals surface area contributed by atoms with Gasteiger partial charge < -0.3 is 10.2 Å². The van der Waals surface area contributed by atoms with Crippen LogP contribution in [0, 0.1) is 17.3 Å². The van der Waals surface area contributed by atoms with Crippen LogP contribution < -0.4 is 5.32 Å². The fraction of sp³-hybridized carbons (Fsp3) is 0.762. The van der Waals surface area contributed by atoms with Gasteiger partial charge >= 0.3 is 0 Å². The van der Waals surface area contributed by atoms with Crippen molar-refractivity contribution in [1.82, 2.24) is 20.0 Å². The van der Waals surface area contributed by atoms with Gasteiger partial charge in [-0.05, 0) is 37.0 Å². The van der Waals surface area contributed by atoms with E-state index in [2.05, 4.69) is 31.2 Å². The number of likely N-dealkylation sites (tertiary alicyclic amines) is 1. The number of amides is 2. The van der Waals surface area contributed by atoms with Gasteiger partial charge in [0.1, 0.15) is 0 Å². The van der Waals surface area contributed by atoms with Crippen molar-refractivity contribution in [3.05, 3.63) is 18.0 Å². The lowest BCUT2D eigenvalue weighted by Crippen LogP contribution is -2.43. The van der Waals surface area contributed by atoms with Crippen molar-refractivity contribution in [2.24, 2.45) is 24.3 Å². The van der Waals surface area contributed by atoms with Crippen LogP contribution in [0.1, 0.15) is 70.9 Å².